The quantitative estimate of drug-likeness (QED) is 0.325. The van der Waals surface area contributed by atoms with Gasteiger partial charge in [-0.05, 0) is 46.3 Å². The number of alkyl halides is 3. The number of nitrogens with zero attached hydrogens (tertiary/aromatic N) is 2. The zero-order valence-corrected chi connectivity index (χ0v) is 20.1. The van der Waals surface area contributed by atoms with Crippen molar-refractivity contribution < 1.29 is 44.6 Å². The number of fused-ring (bicyclic) bond motifs is 1. The molecular formula is C21H13BrF5N3O5S. The maximum Gasteiger partial charge on any atom is 0.433 e. The molecule has 0 radical (unpaired) electrons. The normalized spacial score (nSPS) is 13.1. The summed E-state index contributed by atoms with van der Waals surface area (Å²) >= 11 is 2.87. The molecule has 1 N–H and O–H groups in total. The van der Waals surface area contributed by atoms with E-state index >= 15 is 0 Å². The summed E-state index contributed by atoms with van der Waals surface area (Å²) < 4.78 is 103. The monoisotopic (exact) mass is 593 g/mol. The van der Waals surface area contributed by atoms with E-state index in [-0.39, 0.29) is 28.3 Å². The number of carbonyl (C=O) groups excluding carboxylic acids is 1. The highest BCUT2D eigenvalue weighted by molar-refractivity contribution is 9.10. The highest BCUT2D eigenvalue weighted by Gasteiger charge is 2.35. The van der Waals surface area contributed by atoms with Gasteiger partial charge in [0.25, 0.3) is 0 Å². The molecule has 0 aliphatic carbocycles. The summed E-state index contributed by atoms with van der Waals surface area (Å²) in [5, 5.41) is 0.942. The van der Waals surface area contributed by atoms with Crippen LogP contribution >= 0.6 is 15.9 Å². The Morgan fingerprint density at radius 1 is 1.06 bits per heavy atom. The number of amides is 1. The minimum absolute atomic E-state index is 0.0869. The average molecular weight is 594 g/mol. The predicted molar refractivity (Wildman–Crippen MR) is 118 cm³/mol. The Balaban J connectivity index is 1.60. The van der Waals surface area contributed by atoms with Crippen LogP contribution in [0.3, 0.4) is 0 Å². The van der Waals surface area contributed by atoms with Gasteiger partial charge in [0, 0.05) is 22.5 Å². The summed E-state index contributed by atoms with van der Waals surface area (Å²) in [5.74, 6) is -3.42. The van der Waals surface area contributed by atoms with Crippen molar-refractivity contribution in [1.82, 2.24) is 9.97 Å². The molecule has 4 rings (SSSR count). The summed E-state index contributed by atoms with van der Waals surface area (Å²) in [4.78, 5) is 19.1. The topological polar surface area (TPSA) is 107 Å². The Hall–Kier alpha value is -3.33. The molecule has 2 aromatic carbocycles. The first kappa shape index (κ1) is 25.8. The molecule has 0 spiro atoms. The highest BCUT2D eigenvalue weighted by atomic mass is 79.9. The van der Waals surface area contributed by atoms with E-state index in [1.54, 1.807) is 0 Å². The number of halogens is 6. The Morgan fingerprint density at radius 3 is 2.47 bits per heavy atom. The zero-order valence-electron chi connectivity index (χ0n) is 17.7. The maximum atomic E-state index is 13.9. The first-order valence-electron chi connectivity index (χ1n) is 9.87. The van der Waals surface area contributed by atoms with Gasteiger partial charge in [0.2, 0.25) is 27.7 Å². The van der Waals surface area contributed by atoms with E-state index in [0.29, 0.717) is 17.9 Å². The minimum atomic E-state index is -5.00. The Bertz CT molecular complexity index is 1440. The number of carbonyl (C=O) groups is 1. The first-order chi connectivity index (χ1) is 16.8. The number of benzene rings is 2. The van der Waals surface area contributed by atoms with Gasteiger partial charge in [0.1, 0.15) is 11.5 Å². The van der Waals surface area contributed by atoms with Crippen LogP contribution in [0, 0.1) is 11.6 Å². The average Bonchev–Trinajstić information content (AvgIpc) is 3.27. The maximum absolute atomic E-state index is 13.9. The Morgan fingerprint density at radius 2 is 1.78 bits per heavy atom. The van der Waals surface area contributed by atoms with Crippen LogP contribution in [0.25, 0.3) is 11.3 Å². The lowest BCUT2D eigenvalue weighted by Gasteiger charge is -2.12. The van der Waals surface area contributed by atoms with Crippen LogP contribution < -0.4 is 14.8 Å². The van der Waals surface area contributed by atoms with E-state index in [0.717, 1.165) is 6.07 Å². The highest BCUT2D eigenvalue weighted by Crippen LogP contribution is 2.37. The van der Waals surface area contributed by atoms with E-state index in [2.05, 4.69) is 31.2 Å². The van der Waals surface area contributed by atoms with Gasteiger partial charge in [-0.15, -0.1) is 0 Å². The van der Waals surface area contributed by atoms with Crippen LogP contribution in [0.4, 0.5) is 27.6 Å². The van der Waals surface area contributed by atoms with Crippen LogP contribution in [0.2, 0.25) is 0 Å². The third-order valence-electron chi connectivity index (χ3n) is 4.81. The number of rotatable bonds is 6. The molecule has 0 fully saturated rings. The standard InChI is InChI=1S/C21H13BrF5N3O5S/c22-12-6-11(23)7-13(24)19(12)30-18(31)3-4-36(32,33)20-28-14(8-17(29-20)21(25,26)27)10-1-2-15-16(5-10)35-9-34-15/h1-2,5-8H,3-4,9H2,(H,30,31). The molecule has 0 saturated carbocycles. The predicted octanol–water partition coefficient (Wildman–Crippen LogP) is 4.73. The number of aromatic nitrogens is 2. The van der Waals surface area contributed by atoms with E-state index in [9.17, 15) is 35.2 Å². The lowest BCUT2D eigenvalue weighted by atomic mass is 10.1. The van der Waals surface area contributed by atoms with Crippen molar-refractivity contribution in [3.05, 3.63) is 58.2 Å². The van der Waals surface area contributed by atoms with Gasteiger partial charge in [-0.25, -0.2) is 27.2 Å². The van der Waals surface area contributed by atoms with E-state index < -0.39 is 62.3 Å². The van der Waals surface area contributed by atoms with E-state index in [4.69, 9.17) is 9.47 Å². The first-order valence-corrected chi connectivity index (χ1v) is 12.3. The molecule has 190 valence electrons. The number of hydrogen-bond acceptors (Lipinski definition) is 7. The molecule has 36 heavy (non-hydrogen) atoms. The molecule has 1 aliphatic heterocycles. The van der Waals surface area contributed by atoms with E-state index in [1.165, 1.54) is 18.2 Å². The molecular weight excluding hydrogens is 581 g/mol. The van der Waals surface area contributed by atoms with Crippen molar-refractivity contribution in [3.8, 4) is 22.8 Å². The zero-order chi connectivity index (χ0) is 26.3. The number of ether oxygens (including phenoxy) is 2. The van der Waals surface area contributed by atoms with Crippen LogP contribution in [0.1, 0.15) is 12.1 Å². The summed E-state index contributed by atoms with van der Waals surface area (Å²) in [6.07, 6.45) is -5.77. The summed E-state index contributed by atoms with van der Waals surface area (Å²) in [6, 6.07) is 6.10. The fourth-order valence-electron chi connectivity index (χ4n) is 3.10. The van der Waals surface area contributed by atoms with Gasteiger partial charge in [-0.2, -0.15) is 13.2 Å². The second kappa shape index (κ2) is 9.61. The molecule has 8 nitrogen and oxygen atoms in total. The third-order valence-corrected chi connectivity index (χ3v) is 6.92. The second-order valence-corrected chi connectivity index (χ2v) is 10.2. The molecule has 1 aliphatic rings. The number of nitrogens with one attached hydrogen (secondary N) is 1. The largest absolute Gasteiger partial charge is 0.454 e. The Labute approximate surface area is 208 Å². The van der Waals surface area contributed by atoms with Crippen LogP contribution in [0.15, 0.2) is 46.0 Å². The summed E-state index contributed by atoms with van der Waals surface area (Å²) in [6.45, 7) is -0.0869. The molecule has 0 unspecified atom stereocenters. The summed E-state index contributed by atoms with van der Waals surface area (Å²) in [5.41, 5.74) is -2.18. The lowest BCUT2D eigenvalue weighted by molar-refractivity contribution is -0.141. The van der Waals surface area contributed by atoms with Crippen molar-refractivity contribution >= 4 is 37.4 Å². The fraction of sp³-hybridized carbons (Fsp3) is 0.190. The smallest absolute Gasteiger partial charge is 0.433 e. The number of sulfone groups is 1. The van der Waals surface area contributed by atoms with Crippen LogP contribution in [-0.2, 0) is 20.8 Å². The van der Waals surface area contributed by atoms with Gasteiger partial charge in [-0.1, -0.05) is 0 Å². The molecule has 1 amide bonds. The van der Waals surface area contributed by atoms with Crippen molar-refractivity contribution in [2.24, 2.45) is 0 Å². The van der Waals surface area contributed by atoms with Crippen LogP contribution in [-0.4, -0.2) is 36.8 Å². The van der Waals surface area contributed by atoms with Gasteiger partial charge in [-0.3, -0.25) is 4.79 Å². The minimum Gasteiger partial charge on any atom is -0.454 e. The van der Waals surface area contributed by atoms with Crippen molar-refractivity contribution in [2.45, 2.75) is 17.8 Å². The molecule has 0 bridgehead atoms. The van der Waals surface area contributed by atoms with E-state index in [1.807, 2.05) is 0 Å². The van der Waals surface area contributed by atoms with Gasteiger partial charge in [0.15, 0.2) is 17.3 Å². The van der Waals surface area contributed by atoms with Crippen LogP contribution in [0.5, 0.6) is 11.5 Å². The fourth-order valence-corrected chi connectivity index (χ4v) is 4.71. The number of hydrogen-bond donors (Lipinski definition) is 1. The molecule has 2 heterocycles. The van der Waals surface area contributed by atoms with Gasteiger partial charge < -0.3 is 14.8 Å². The molecule has 1 aromatic heterocycles. The van der Waals surface area contributed by atoms with Gasteiger partial charge in [0.05, 0.1) is 17.1 Å². The molecule has 0 saturated heterocycles. The van der Waals surface area contributed by atoms with Crippen molar-refractivity contribution in [1.29, 1.82) is 0 Å². The van der Waals surface area contributed by atoms with Crippen molar-refractivity contribution in [2.75, 3.05) is 17.9 Å². The lowest BCUT2D eigenvalue weighted by Crippen LogP contribution is -2.21. The Kier molecular flexibility index (Phi) is 6.88. The number of anilines is 1. The second-order valence-electron chi connectivity index (χ2n) is 7.35. The van der Waals surface area contributed by atoms with Gasteiger partial charge >= 0.3 is 6.18 Å². The molecule has 0 atom stereocenters. The SMILES string of the molecule is O=C(CCS(=O)(=O)c1nc(-c2ccc3c(c2)OCO3)cc(C(F)(F)F)n1)Nc1c(F)cc(F)cc1Br. The molecule has 15 heteroatoms. The summed E-state index contributed by atoms with van der Waals surface area (Å²) in [7, 11) is -4.60. The van der Waals surface area contributed by atoms with Crippen molar-refractivity contribution in [3.63, 3.8) is 0 Å². The third kappa shape index (κ3) is 5.56. The molecule has 3 aromatic rings.